The predicted molar refractivity (Wildman–Crippen MR) is 76.5 cm³/mol. The largest absolute Gasteiger partial charge is 0.465 e. The number of esters is 1. The van der Waals surface area contributed by atoms with E-state index in [4.69, 9.17) is 0 Å². The maximum atomic E-state index is 11.3. The van der Waals surface area contributed by atoms with Crippen molar-refractivity contribution in [3.8, 4) is 0 Å². The van der Waals surface area contributed by atoms with E-state index in [0.29, 0.717) is 23.3 Å². The van der Waals surface area contributed by atoms with Gasteiger partial charge in [-0.3, -0.25) is 4.79 Å². The van der Waals surface area contributed by atoms with Gasteiger partial charge in [0, 0.05) is 12.7 Å². The van der Waals surface area contributed by atoms with Crippen LogP contribution in [0.5, 0.6) is 0 Å². The fourth-order valence-electron chi connectivity index (χ4n) is 1.64. The van der Waals surface area contributed by atoms with E-state index in [1.54, 1.807) is 12.1 Å². The zero-order valence-electron chi connectivity index (χ0n) is 11.4. The maximum Gasteiger partial charge on any atom is 0.337 e. The number of hydrogen-bond acceptors (Lipinski definition) is 6. The van der Waals surface area contributed by atoms with Crippen molar-refractivity contribution in [1.82, 2.24) is 0 Å². The van der Waals surface area contributed by atoms with Crippen LogP contribution in [0.25, 0.3) is 0 Å². The summed E-state index contributed by atoms with van der Waals surface area (Å²) in [5.74, 6) is -0.00203. The number of ether oxygens (including phenoxy) is 1. The Kier molecular flexibility index (Phi) is 6.70. The molecule has 5 nitrogen and oxygen atoms in total. The van der Waals surface area contributed by atoms with Crippen LogP contribution in [-0.4, -0.2) is 40.3 Å². The molecule has 0 spiro atoms. The first-order valence-corrected chi connectivity index (χ1v) is 7.12. The molecule has 1 aromatic rings. The van der Waals surface area contributed by atoms with Crippen LogP contribution in [0.2, 0.25) is 0 Å². The quantitative estimate of drug-likeness (QED) is 0.775. The third-order valence-electron chi connectivity index (χ3n) is 2.76. The second-order valence-corrected chi connectivity index (χ2v) is 5.53. The molecule has 2 atom stereocenters. The molecule has 0 saturated heterocycles. The van der Waals surface area contributed by atoms with Gasteiger partial charge < -0.3 is 14.9 Å². The summed E-state index contributed by atoms with van der Waals surface area (Å²) in [6, 6.07) is 6.19. The molecule has 110 valence electrons. The molecule has 2 N–H and O–H groups in total. The molecule has 0 bridgehead atoms. The smallest absolute Gasteiger partial charge is 0.337 e. The normalized spacial score (nSPS) is 13.6. The number of thioether (sulfide) groups is 1. The third kappa shape index (κ3) is 4.96. The molecule has 2 unspecified atom stereocenters. The topological polar surface area (TPSA) is 83.8 Å². The molecule has 0 heterocycles. The molecule has 6 heteroatoms. The van der Waals surface area contributed by atoms with Crippen LogP contribution in [0.1, 0.15) is 35.4 Å². The molecular weight excluding hydrogens is 280 g/mol. The number of aliphatic hydroxyl groups is 2. The van der Waals surface area contributed by atoms with E-state index in [1.165, 1.54) is 26.2 Å². The summed E-state index contributed by atoms with van der Waals surface area (Å²) in [4.78, 5) is 22.0. The van der Waals surface area contributed by atoms with Gasteiger partial charge in [-0.25, -0.2) is 4.79 Å². The van der Waals surface area contributed by atoms with E-state index in [9.17, 15) is 19.8 Å². The Balaban J connectivity index is 2.60. The molecule has 0 saturated carbocycles. The summed E-state index contributed by atoms with van der Waals surface area (Å²) in [5, 5.41) is 19.8. The second kappa shape index (κ2) is 8.04. The molecule has 1 rings (SSSR count). The molecule has 1 aromatic carbocycles. The van der Waals surface area contributed by atoms with Crippen LogP contribution >= 0.6 is 11.8 Å². The number of benzene rings is 1. The Hall–Kier alpha value is -1.37. The number of hydrogen-bond donors (Lipinski definition) is 2. The van der Waals surface area contributed by atoms with Crippen molar-refractivity contribution in [3.63, 3.8) is 0 Å². The van der Waals surface area contributed by atoms with Gasteiger partial charge in [-0.2, -0.15) is 0 Å². The van der Waals surface area contributed by atoms with Gasteiger partial charge in [0.25, 0.3) is 0 Å². The highest BCUT2D eigenvalue weighted by Crippen LogP contribution is 2.21. The van der Waals surface area contributed by atoms with E-state index < -0.39 is 18.2 Å². The lowest BCUT2D eigenvalue weighted by Gasteiger charge is -2.18. The predicted octanol–water partition coefficient (Wildman–Crippen LogP) is 1.54. The number of carbonyl (C=O) groups is 2. The minimum Gasteiger partial charge on any atom is -0.465 e. The van der Waals surface area contributed by atoms with Gasteiger partial charge in [-0.1, -0.05) is 23.9 Å². The van der Waals surface area contributed by atoms with Gasteiger partial charge in [-0.05, 0) is 24.1 Å². The summed E-state index contributed by atoms with van der Waals surface area (Å²) in [7, 11) is 1.29. The highest BCUT2D eigenvalue weighted by molar-refractivity contribution is 8.13. The van der Waals surface area contributed by atoms with Crippen molar-refractivity contribution < 1.29 is 24.5 Å². The van der Waals surface area contributed by atoms with Gasteiger partial charge in [0.1, 0.15) is 6.10 Å². The van der Waals surface area contributed by atoms with Crippen LogP contribution in [0, 0.1) is 0 Å². The van der Waals surface area contributed by atoms with Crippen LogP contribution in [0.15, 0.2) is 24.3 Å². The number of methoxy groups -OCH3 is 1. The highest BCUT2D eigenvalue weighted by atomic mass is 32.2. The Bertz CT molecular complexity index is 457. The van der Waals surface area contributed by atoms with Gasteiger partial charge in [-0.15, -0.1) is 0 Å². The minimum atomic E-state index is -1.05. The Morgan fingerprint density at radius 2 is 1.85 bits per heavy atom. The van der Waals surface area contributed by atoms with Crippen LogP contribution in [-0.2, 0) is 9.53 Å². The van der Waals surface area contributed by atoms with Crippen molar-refractivity contribution >= 4 is 22.8 Å². The average molecular weight is 298 g/mol. The first kappa shape index (κ1) is 16.7. The molecule has 0 radical (unpaired) electrons. The van der Waals surface area contributed by atoms with E-state index in [0.717, 1.165) is 11.8 Å². The zero-order valence-corrected chi connectivity index (χ0v) is 12.2. The lowest BCUT2D eigenvalue weighted by molar-refractivity contribution is -0.109. The fourth-order valence-corrected chi connectivity index (χ4v) is 2.28. The van der Waals surface area contributed by atoms with E-state index in [1.807, 2.05) is 0 Å². The average Bonchev–Trinajstić information content (AvgIpc) is 2.45. The summed E-state index contributed by atoms with van der Waals surface area (Å²) >= 11 is 1.11. The molecule has 0 aliphatic rings. The third-order valence-corrected chi connectivity index (χ3v) is 3.60. The molecule has 0 aromatic heterocycles. The second-order valence-electron chi connectivity index (χ2n) is 4.25. The summed E-state index contributed by atoms with van der Waals surface area (Å²) in [6.45, 7) is 1.46. The van der Waals surface area contributed by atoms with Crippen molar-refractivity contribution in [2.45, 2.75) is 25.6 Å². The highest BCUT2D eigenvalue weighted by Gasteiger charge is 2.18. The van der Waals surface area contributed by atoms with Crippen molar-refractivity contribution in [1.29, 1.82) is 0 Å². The SMILES string of the molecule is COC(=O)c1ccc(C(O)C(O)CCSC(C)=O)cc1. The van der Waals surface area contributed by atoms with Gasteiger partial charge in [0.05, 0.1) is 18.8 Å². The lowest BCUT2D eigenvalue weighted by atomic mass is 10.0. The molecule has 0 fully saturated rings. The monoisotopic (exact) mass is 298 g/mol. The van der Waals surface area contributed by atoms with E-state index in [-0.39, 0.29) is 5.12 Å². The molecule has 20 heavy (non-hydrogen) atoms. The summed E-state index contributed by atoms with van der Waals surface area (Å²) in [5.41, 5.74) is 0.892. The maximum absolute atomic E-state index is 11.3. The molecule has 0 aliphatic carbocycles. The summed E-state index contributed by atoms with van der Waals surface area (Å²) < 4.78 is 4.57. The molecule has 0 aliphatic heterocycles. The number of carbonyl (C=O) groups excluding carboxylic acids is 2. The molecule has 0 amide bonds. The fraction of sp³-hybridized carbons (Fsp3) is 0.429. The van der Waals surface area contributed by atoms with Gasteiger partial charge in [0.2, 0.25) is 0 Å². The zero-order chi connectivity index (χ0) is 15.1. The number of rotatable bonds is 6. The standard InChI is InChI=1S/C14H18O5S/c1-9(15)20-8-7-12(16)13(17)10-3-5-11(6-4-10)14(18)19-2/h3-6,12-13,16-17H,7-8H2,1-2H3. The molecular formula is C14H18O5S. The summed E-state index contributed by atoms with van der Waals surface area (Å²) in [6.07, 6.45) is -1.69. The van der Waals surface area contributed by atoms with Crippen molar-refractivity contribution in [3.05, 3.63) is 35.4 Å². The lowest BCUT2D eigenvalue weighted by Crippen LogP contribution is -2.19. The Morgan fingerprint density at radius 1 is 1.25 bits per heavy atom. The van der Waals surface area contributed by atoms with Crippen molar-refractivity contribution in [2.24, 2.45) is 0 Å². The number of aliphatic hydroxyl groups excluding tert-OH is 2. The van der Waals surface area contributed by atoms with E-state index in [2.05, 4.69) is 4.74 Å². The Morgan fingerprint density at radius 3 is 2.35 bits per heavy atom. The van der Waals surface area contributed by atoms with Gasteiger partial charge >= 0.3 is 5.97 Å². The van der Waals surface area contributed by atoms with Crippen molar-refractivity contribution in [2.75, 3.05) is 12.9 Å². The Labute approximate surface area is 121 Å². The van der Waals surface area contributed by atoms with Gasteiger partial charge in [0.15, 0.2) is 5.12 Å². The van der Waals surface area contributed by atoms with Crippen LogP contribution in [0.3, 0.4) is 0 Å². The first-order valence-electron chi connectivity index (χ1n) is 6.13. The minimum absolute atomic E-state index is 0.0193. The van der Waals surface area contributed by atoms with Crippen LogP contribution in [0.4, 0.5) is 0 Å². The first-order chi connectivity index (χ1) is 9.45. The van der Waals surface area contributed by atoms with Crippen LogP contribution < -0.4 is 0 Å². The van der Waals surface area contributed by atoms with E-state index >= 15 is 0 Å².